The van der Waals surface area contributed by atoms with E-state index < -0.39 is 0 Å². The Balaban J connectivity index is 0.000000980. The van der Waals surface area contributed by atoms with Gasteiger partial charge in [-0.15, -0.1) is 27.2 Å². The molecule has 0 radical (unpaired) electrons. The summed E-state index contributed by atoms with van der Waals surface area (Å²) >= 11 is 0. The molecule has 0 saturated carbocycles. The smallest absolute Gasteiger partial charge is 0.201 e. The number of nitrogens with zero attached hydrogens (tertiary/aromatic N) is 4. The average Bonchev–Trinajstić information content (AvgIpc) is 2.52. The van der Waals surface area contributed by atoms with Gasteiger partial charge in [0.15, 0.2) is 0 Å². The molecule has 6 heteroatoms. The average molecular weight is 260 g/mol. The first-order chi connectivity index (χ1) is 6.25. The first-order valence-electron chi connectivity index (χ1n) is 4.41. The molecule has 1 aliphatic heterocycles. The molecule has 2 rings (SSSR count). The van der Waals surface area contributed by atoms with E-state index in [1.807, 2.05) is 0 Å². The van der Waals surface area contributed by atoms with Crippen LogP contribution in [0.15, 0.2) is 6.08 Å². The largest absolute Gasteiger partial charge is 0.312 e. The van der Waals surface area contributed by atoms with E-state index in [9.17, 15) is 0 Å². The lowest BCUT2D eigenvalue weighted by Crippen LogP contribution is -2.27. The molecular formula is C8H14BrN5. The number of tetrazole rings is 1. The Bertz CT molecular complexity index is 332. The van der Waals surface area contributed by atoms with Crippen molar-refractivity contribution in [3.63, 3.8) is 0 Å². The zero-order chi connectivity index (χ0) is 9.26. The molecular weight excluding hydrogens is 246 g/mol. The number of rotatable bonds is 1. The van der Waals surface area contributed by atoms with Crippen LogP contribution in [0.3, 0.4) is 0 Å². The molecule has 0 aromatic carbocycles. The molecule has 78 valence electrons. The minimum atomic E-state index is 0. The second kappa shape index (κ2) is 4.65. The highest BCUT2D eigenvalue weighted by atomic mass is 79.9. The highest BCUT2D eigenvalue weighted by Gasteiger charge is 2.13. The Morgan fingerprint density at radius 1 is 1.57 bits per heavy atom. The SMILES string of the molecule is Br.CC1C=C(c2nnn(C)n2)CNC1. The van der Waals surface area contributed by atoms with Gasteiger partial charge in [-0.1, -0.05) is 13.0 Å². The van der Waals surface area contributed by atoms with E-state index >= 15 is 0 Å². The van der Waals surface area contributed by atoms with Crippen molar-refractivity contribution in [3.8, 4) is 0 Å². The van der Waals surface area contributed by atoms with Gasteiger partial charge in [-0.25, -0.2) is 0 Å². The van der Waals surface area contributed by atoms with Crippen LogP contribution in [0.2, 0.25) is 0 Å². The molecule has 2 heterocycles. The summed E-state index contributed by atoms with van der Waals surface area (Å²) in [6.45, 7) is 4.04. The van der Waals surface area contributed by atoms with Crippen LogP contribution < -0.4 is 5.32 Å². The van der Waals surface area contributed by atoms with Crippen LogP contribution in [0.4, 0.5) is 0 Å². The summed E-state index contributed by atoms with van der Waals surface area (Å²) in [5.41, 5.74) is 1.15. The quantitative estimate of drug-likeness (QED) is 0.794. The third kappa shape index (κ3) is 2.39. The van der Waals surface area contributed by atoms with Crippen molar-refractivity contribution < 1.29 is 0 Å². The van der Waals surface area contributed by atoms with E-state index in [0.29, 0.717) is 5.92 Å². The molecule has 1 aromatic rings. The zero-order valence-corrected chi connectivity index (χ0v) is 9.98. The molecule has 0 aliphatic carbocycles. The van der Waals surface area contributed by atoms with Gasteiger partial charge in [0.1, 0.15) is 0 Å². The topological polar surface area (TPSA) is 55.6 Å². The molecule has 1 atom stereocenters. The molecule has 5 nitrogen and oxygen atoms in total. The first-order valence-corrected chi connectivity index (χ1v) is 4.41. The van der Waals surface area contributed by atoms with Gasteiger partial charge in [-0.05, 0) is 11.1 Å². The van der Waals surface area contributed by atoms with E-state index in [2.05, 4.69) is 33.7 Å². The minimum Gasteiger partial charge on any atom is -0.312 e. The number of aryl methyl sites for hydroxylation is 1. The van der Waals surface area contributed by atoms with Crippen molar-refractivity contribution in [1.29, 1.82) is 0 Å². The van der Waals surface area contributed by atoms with Gasteiger partial charge in [-0.2, -0.15) is 4.80 Å². The monoisotopic (exact) mass is 259 g/mol. The predicted molar refractivity (Wildman–Crippen MR) is 59.1 cm³/mol. The maximum absolute atomic E-state index is 4.15. The van der Waals surface area contributed by atoms with Gasteiger partial charge in [0, 0.05) is 18.7 Å². The fourth-order valence-electron chi connectivity index (χ4n) is 1.46. The molecule has 1 unspecified atom stereocenters. The summed E-state index contributed by atoms with van der Waals surface area (Å²) in [4.78, 5) is 1.48. The first kappa shape index (κ1) is 11.3. The van der Waals surface area contributed by atoms with Crippen molar-refractivity contribution in [3.05, 3.63) is 11.9 Å². The summed E-state index contributed by atoms with van der Waals surface area (Å²) < 4.78 is 0. The molecule has 0 amide bonds. The Hall–Kier alpha value is -0.750. The standard InChI is InChI=1S/C8H13N5.BrH/c1-6-3-7(5-9-4-6)8-10-12-13(2)11-8;/h3,6,9H,4-5H2,1-2H3;1H. The maximum Gasteiger partial charge on any atom is 0.201 e. The molecule has 0 spiro atoms. The maximum atomic E-state index is 4.15. The summed E-state index contributed by atoms with van der Waals surface area (Å²) in [5.74, 6) is 1.29. The summed E-state index contributed by atoms with van der Waals surface area (Å²) in [7, 11) is 1.77. The van der Waals surface area contributed by atoms with E-state index in [0.717, 1.165) is 24.5 Å². The van der Waals surface area contributed by atoms with E-state index in [4.69, 9.17) is 0 Å². The third-order valence-corrected chi connectivity index (χ3v) is 2.06. The van der Waals surface area contributed by atoms with Crippen LogP contribution in [0.25, 0.3) is 5.57 Å². The van der Waals surface area contributed by atoms with Crippen molar-refractivity contribution in [2.45, 2.75) is 6.92 Å². The van der Waals surface area contributed by atoms with Crippen LogP contribution in [-0.2, 0) is 7.05 Å². The number of hydrogen-bond acceptors (Lipinski definition) is 4. The summed E-state index contributed by atoms with van der Waals surface area (Å²) in [6, 6.07) is 0. The highest BCUT2D eigenvalue weighted by molar-refractivity contribution is 8.93. The Morgan fingerprint density at radius 2 is 2.36 bits per heavy atom. The molecule has 1 aromatic heterocycles. The highest BCUT2D eigenvalue weighted by Crippen LogP contribution is 2.14. The van der Waals surface area contributed by atoms with Gasteiger partial charge < -0.3 is 5.32 Å². The van der Waals surface area contributed by atoms with Crippen LogP contribution in [0, 0.1) is 5.92 Å². The van der Waals surface area contributed by atoms with Crippen LogP contribution in [0.1, 0.15) is 12.7 Å². The van der Waals surface area contributed by atoms with Crippen molar-refractivity contribution in [2.24, 2.45) is 13.0 Å². The van der Waals surface area contributed by atoms with Gasteiger partial charge in [0.05, 0.1) is 7.05 Å². The number of halogens is 1. The van der Waals surface area contributed by atoms with E-state index in [-0.39, 0.29) is 17.0 Å². The molecule has 14 heavy (non-hydrogen) atoms. The third-order valence-electron chi connectivity index (χ3n) is 2.06. The number of nitrogens with one attached hydrogen (secondary N) is 1. The van der Waals surface area contributed by atoms with Crippen molar-refractivity contribution in [2.75, 3.05) is 13.1 Å². The molecule has 1 N–H and O–H groups in total. The van der Waals surface area contributed by atoms with Crippen LogP contribution >= 0.6 is 17.0 Å². The lowest BCUT2D eigenvalue weighted by Gasteiger charge is -2.16. The molecule has 0 bridgehead atoms. The van der Waals surface area contributed by atoms with E-state index in [1.54, 1.807) is 7.05 Å². The van der Waals surface area contributed by atoms with Crippen LogP contribution in [-0.4, -0.2) is 33.3 Å². The lowest BCUT2D eigenvalue weighted by molar-refractivity contribution is 0.603. The zero-order valence-electron chi connectivity index (χ0n) is 8.27. The summed E-state index contributed by atoms with van der Waals surface area (Å²) in [6.07, 6.45) is 2.20. The Labute approximate surface area is 93.3 Å². The molecule has 1 aliphatic rings. The van der Waals surface area contributed by atoms with Gasteiger partial charge in [-0.3, -0.25) is 0 Å². The fraction of sp³-hybridized carbons (Fsp3) is 0.625. The number of hydrogen-bond donors (Lipinski definition) is 1. The minimum absolute atomic E-state index is 0. The van der Waals surface area contributed by atoms with Crippen LogP contribution in [0.5, 0.6) is 0 Å². The molecule has 0 saturated heterocycles. The number of aromatic nitrogens is 4. The Morgan fingerprint density at radius 3 is 2.93 bits per heavy atom. The second-order valence-corrected chi connectivity index (χ2v) is 3.40. The van der Waals surface area contributed by atoms with Gasteiger partial charge >= 0.3 is 0 Å². The van der Waals surface area contributed by atoms with Crippen molar-refractivity contribution in [1.82, 2.24) is 25.5 Å². The normalized spacial score (nSPS) is 21.3. The fourth-order valence-corrected chi connectivity index (χ4v) is 1.46. The predicted octanol–water partition coefficient (Wildman–Crippen LogP) is 0.411. The second-order valence-electron chi connectivity index (χ2n) is 3.40. The van der Waals surface area contributed by atoms with Crippen molar-refractivity contribution >= 4 is 22.6 Å². The lowest BCUT2D eigenvalue weighted by atomic mass is 10.0. The van der Waals surface area contributed by atoms with E-state index in [1.165, 1.54) is 4.80 Å². The van der Waals surface area contributed by atoms with Gasteiger partial charge in [0.2, 0.25) is 5.82 Å². The Kier molecular flexibility index (Phi) is 3.77. The molecule has 0 fully saturated rings. The summed E-state index contributed by atoms with van der Waals surface area (Å²) in [5, 5.41) is 15.2. The van der Waals surface area contributed by atoms with Gasteiger partial charge in [0.25, 0.3) is 0 Å².